The fourth-order valence-corrected chi connectivity index (χ4v) is 5.26. The van der Waals surface area contributed by atoms with Crippen molar-refractivity contribution in [3.8, 4) is 0 Å². The number of amides is 1. The normalized spacial score (nSPS) is 21.2. The quantitative estimate of drug-likeness (QED) is 0.644. The van der Waals surface area contributed by atoms with E-state index >= 15 is 0 Å². The average Bonchev–Trinajstić information content (AvgIpc) is 3.48. The molecule has 5 nitrogen and oxygen atoms in total. The summed E-state index contributed by atoms with van der Waals surface area (Å²) in [6, 6.07) is 11.9. The molecule has 1 aromatic carbocycles. The molecule has 2 fully saturated rings. The van der Waals surface area contributed by atoms with Gasteiger partial charge in [0.1, 0.15) is 5.76 Å². The van der Waals surface area contributed by atoms with Crippen LogP contribution < -0.4 is 5.32 Å². The zero-order valence-electron chi connectivity index (χ0n) is 16.8. The third-order valence-electron chi connectivity index (χ3n) is 5.74. The van der Waals surface area contributed by atoms with Crippen molar-refractivity contribution in [1.29, 1.82) is 0 Å². The maximum atomic E-state index is 13.0. The first-order valence-electron chi connectivity index (χ1n) is 10.7. The minimum absolute atomic E-state index is 0.0194. The van der Waals surface area contributed by atoms with Gasteiger partial charge in [-0.2, -0.15) is 0 Å². The van der Waals surface area contributed by atoms with Gasteiger partial charge in [-0.25, -0.2) is 0 Å². The lowest BCUT2D eigenvalue weighted by Gasteiger charge is -2.33. The molecule has 1 amide bonds. The van der Waals surface area contributed by atoms with Gasteiger partial charge in [-0.05, 0) is 63.0 Å². The predicted molar refractivity (Wildman–Crippen MR) is 115 cm³/mol. The third kappa shape index (κ3) is 5.44. The lowest BCUT2D eigenvalue weighted by Crippen LogP contribution is -2.40. The molecule has 6 heteroatoms. The van der Waals surface area contributed by atoms with Crippen LogP contribution in [0.5, 0.6) is 0 Å². The number of rotatable bonds is 8. The molecule has 0 saturated carbocycles. The number of carbonyl (C=O) groups excluding carboxylic acids is 1. The van der Waals surface area contributed by atoms with Crippen molar-refractivity contribution in [2.24, 2.45) is 0 Å². The van der Waals surface area contributed by atoms with Crippen LogP contribution in [0.3, 0.4) is 0 Å². The molecule has 2 aliphatic heterocycles. The summed E-state index contributed by atoms with van der Waals surface area (Å²) >= 11 is 1.72. The Balaban J connectivity index is 1.40. The van der Waals surface area contributed by atoms with Crippen LogP contribution >= 0.6 is 11.8 Å². The average molecular weight is 415 g/mol. The minimum atomic E-state index is -0.0194. The molecule has 1 N–H and O–H groups in total. The Labute approximate surface area is 177 Å². The zero-order valence-corrected chi connectivity index (χ0v) is 17.7. The summed E-state index contributed by atoms with van der Waals surface area (Å²) in [4.78, 5) is 16.5. The Kier molecular flexibility index (Phi) is 7.30. The molecule has 2 aromatic rings. The summed E-state index contributed by atoms with van der Waals surface area (Å²) in [5.41, 5.74) is 0.743. The van der Waals surface area contributed by atoms with E-state index in [1.807, 2.05) is 36.4 Å². The molecule has 2 saturated heterocycles. The number of furan rings is 1. The number of hydrogen-bond acceptors (Lipinski definition) is 5. The molecule has 1 aromatic heterocycles. The molecule has 4 rings (SSSR count). The minimum Gasteiger partial charge on any atom is -0.468 e. The van der Waals surface area contributed by atoms with E-state index in [1.165, 1.54) is 19.3 Å². The van der Waals surface area contributed by atoms with Crippen LogP contribution in [0.25, 0.3) is 0 Å². The number of ether oxygens (including phenoxy) is 1. The highest BCUT2D eigenvalue weighted by Crippen LogP contribution is 2.28. The van der Waals surface area contributed by atoms with Crippen molar-refractivity contribution >= 4 is 17.7 Å². The first kappa shape index (κ1) is 20.5. The van der Waals surface area contributed by atoms with Gasteiger partial charge in [-0.3, -0.25) is 9.69 Å². The number of carbonyl (C=O) groups is 1. The van der Waals surface area contributed by atoms with Crippen LogP contribution in [0, 0.1) is 0 Å². The highest BCUT2D eigenvalue weighted by molar-refractivity contribution is 7.99. The van der Waals surface area contributed by atoms with E-state index in [-0.39, 0.29) is 11.9 Å². The van der Waals surface area contributed by atoms with Crippen molar-refractivity contribution in [3.63, 3.8) is 0 Å². The van der Waals surface area contributed by atoms with Gasteiger partial charge in [0.2, 0.25) is 0 Å². The summed E-state index contributed by atoms with van der Waals surface area (Å²) in [6.45, 7) is 3.51. The van der Waals surface area contributed by atoms with Gasteiger partial charge in [0, 0.05) is 23.8 Å². The van der Waals surface area contributed by atoms with Crippen molar-refractivity contribution in [1.82, 2.24) is 10.2 Å². The highest BCUT2D eigenvalue weighted by Gasteiger charge is 2.25. The Bertz CT molecular complexity index is 768. The Hall–Kier alpha value is -1.76. The smallest absolute Gasteiger partial charge is 0.252 e. The first-order chi connectivity index (χ1) is 14.3. The highest BCUT2D eigenvalue weighted by atomic mass is 32.2. The van der Waals surface area contributed by atoms with E-state index in [2.05, 4.69) is 10.2 Å². The fourth-order valence-electron chi connectivity index (χ4n) is 4.14. The molecule has 2 unspecified atom stereocenters. The second-order valence-electron chi connectivity index (χ2n) is 7.78. The summed E-state index contributed by atoms with van der Waals surface area (Å²) < 4.78 is 11.4. The van der Waals surface area contributed by atoms with Crippen LogP contribution in [0.2, 0.25) is 0 Å². The van der Waals surface area contributed by atoms with E-state index in [0.717, 1.165) is 54.5 Å². The number of nitrogens with one attached hydrogen (secondary N) is 1. The Morgan fingerprint density at radius 3 is 2.76 bits per heavy atom. The fraction of sp³-hybridized carbons (Fsp3) is 0.522. The van der Waals surface area contributed by atoms with Gasteiger partial charge < -0.3 is 14.5 Å². The SMILES string of the molecule is O=C(NCC(c1ccco1)N1CCCCC1)c1ccccc1SCC1CCCO1. The van der Waals surface area contributed by atoms with Crippen molar-refractivity contribution < 1.29 is 13.9 Å². The van der Waals surface area contributed by atoms with Crippen LogP contribution in [-0.4, -0.2) is 48.9 Å². The van der Waals surface area contributed by atoms with E-state index in [0.29, 0.717) is 12.6 Å². The number of thioether (sulfide) groups is 1. The summed E-state index contributed by atoms with van der Waals surface area (Å²) in [6.07, 6.45) is 7.95. The molecule has 156 valence electrons. The molecule has 0 radical (unpaired) electrons. The number of piperidine rings is 1. The molecule has 0 aliphatic carbocycles. The standard InChI is InChI=1S/C23H30N2O3S/c26-23(19-9-2-3-11-22(19)29-17-18-8-6-14-27-18)24-16-20(21-10-7-15-28-21)25-12-4-1-5-13-25/h2-3,7,9-11,15,18,20H,1,4-6,8,12-14,16-17H2,(H,24,26). The number of nitrogens with zero attached hydrogens (tertiary/aromatic N) is 1. The number of likely N-dealkylation sites (tertiary alicyclic amines) is 1. The monoisotopic (exact) mass is 414 g/mol. The molecular weight excluding hydrogens is 384 g/mol. The molecule has 0 spiro atoms. The second-order valence-corrected chi connectivity index (χ2v) is 8.84. The van der Waals surface area contributed by atoms with E-state index in [1.54, 1.807) is 18.0 Å². The Morgan fingerprint density at radius 2 is 2.00 bits per heavy atom. The van der Waals surface area contributed by atoms with Gasteiger partial charge in [-0.15, -0.1) is 11.8 Å². The molecule has 29 heavy (non-hydrogen) atoms. The summed E-state index contributed by atoms with van der Waals surface area (Å²) in [5, 5.41) is 3.17. The molecular formula is C23H30N2O3S. The van der Waals surface area contributed by atoms with E-state index < -0.39 is 0 Å². The van der Waals surface area contributed by atoms with Gasteiger partial charge in [0.15, 0.2) is 0 Å². The van der Waals surface area contributed by atoms with Crippen LogP contribution in [0.15, 0.2) is 52.0 Å². The maximum Gasteiger partial charge on any atom is 0.252 e. The lowest BCUT2D eigenvalue weighted by molar-refractivity contribution is 0.0911. The van der Waals surface area contributed by atoms with Gasteiger partial charge in [0.05, 0.1) is 24.0 Å². The summed E-state index contributed by atoms with van der Waals surface area (Å²) in [5.74, 6) is 1.80. The molecule has 2 aliphatic rings. The summed E-state index contributed by atoms with van der Waals surface area (Å²) in [7, 11) is 0. The van der Waals surface area contributed by atoms with E-state index in [9.17, 15) is 4.79 Å². The number of benzene rings is 1. The van der Waals surface area contributed by atoms with Gasteiger partial charge in [-0.1, -0.05) is 18.6 Å². The largest absolute Gasteiger partial charge is 0.468 e. The predicted octanol–water partition coefficient (Wildman–Crippen LogP) is 4.51. The van der Waals surface area contributed by atoms with Crippen molar-refractivity contribution in [2.75, 3.05) is 32.0 Å². The zero-order chi connectivity index (χ0) is 19.9. The maximum absolute atomic E-state index is 13.0. The molecule has 0 bridgehead atoms. The van der Waals surface area contributed by atoms with E-state index in [4.69, 9.17) is 9.15 Å². The Morgan fingerprint density at radius 1 is 1.14 bits per heavy atom. The molecule has 3 heterocycles. The van der Waals surface area contributed by atoms with Crippen molar-refractivity contribution in [2.45, 2.75) is 49.1 Å². The number of hydrogen-bond donors (Lipinski definition) is 1. The third-order valence-corrected chi connectivity index (χ3v) is 6.94. The van der Waals surface area contributed by atoms with Gasteiger partial charge >= 0.3 is 0 Å². The second kappa shape index (κ2) is 10.3. The first-order valence-corrected chi connectivity index (χ1v) is 11.7. The van der Waals surface area contributed by atoms with Gasteiger partial charge in [0.25, 0.3) is 5.91 Å². The molecule has 2 atom stereocenters. The lowest BCUT2D eigenvalue weighted by atomic mass is 10.1. The topological polar surface area (TPSA) is 54.7 Å². The van der Waals surface area contributed by atoms with Crippen molar-refractivity contribution in [3.05, 3.63) is 54.0 Å². The van der Waals surface area contributed by atoms with Crippen LogP contribution in [-0.2, 0) is 4.74 Å². The van der Waals surface area contributed by atoms with Crippen LogP contribution in [0.1, 0.15) is 54.3 Å². The van der Waals surface area contributed by atoms with Crippen LogP contribution in [0.4, 0.5) is 0 Å².